The maximum atomic E-state index is 10.5. The van der Waals surface area contributed by atoms with E-state index in [1.165, 1.54) is 0 Å². The van der Waals surface area contributed by atoms with Crippen LogP contribution in [0, 0.1) is 6.92 Å². The van der Waals surface area contributed by atoms with E-state index in [4.69, 9.17) is 4.74 Å². The van der Waals surface area contributed by atoms with Gasteiger partial charge in [-0.05, 0) is 49.4 Å². The SMILES string of the molecule is COc1ccc(C2(N=C=O)CCC2)cc1C. The van der Waals surface area contributed by atoms with Crippen molar-refractivity contribution >= 4 is 6.08 Å². The molecule has 1 aliphatic carbocycles. The summed E-state index contributed by atoms with van der Waals surface area (Å²) in [5, 5.41) is 0. The number of carbonyl (C=O) groups excluding carboxylic acids is 1. The zero-order valence-electron chi connectivity index (χ0n) is 9.62. The third-order valence-corrected chi connectivity index (χ3v) is 3.37. The summed E-state index contributed by atoms with van der Waals surface area (Å²) in [6, 6.07) is 5.98. The van der Waals surface area contributed by atoms with Crippen LogP contribution in [0.3, 0.4) is 0 Å². The van der Waals surface area contributed by atoms with Crippen LogP contribution >= 0.6 is 0 Å². The van der Waals surface area contributed by atoms with Crippen molar-refractivity contribution in [1.82, 2.24) is 0 Å². The Morgan fingerprint density at radius 2 is 2.19 bits per heavy atom. The molecule has 0 bridgehead atoms. The zero-order chi connectivity index (χ0) is 11.6. The summed E-state index contributed by atoms with van der Waals surface area (Å²) >= 11 is 0. The van der Waals surface area contributed by atoms with E-state index in [0.29, 0.717) is 0 Å². The summed E-state index contributed by atoms with van der Waals surface area (Å²) in [5.74, 6) is 0.869. The molecule has 0 N–H and O–H groups in total. The molecule has 1 aromatic rings. The minimum atomic E-state index is -0.307. The van der Waals surface area contributed by atoms with Gasteiger partial charge in [0, 0.05) is 0 Å². The number of benzene rings is 1. The highest BCUT2D eigenvalue weighted by Crippen LogP contribution is 2.45. The van der Waals surface area contributed by atoms with E-state index in [0.717, 1.165) is 36.1 Å². The molecule has 0 atom stereocenters. The lowest BCUT2D eigenvalue weighted by molar-refractivity contribution is 0.255. The average molecular weight is 217 g/mol. The van der Waals surface area contributed by atoms with Gasteiger partial charge in [0.25, 0.3) is 0 Å². The smallest absolute Gasteiger partial charge is 0.235 e. The number of rotatable bonds is 3. The van der Waals surface area contributed by atoms with Crippen LogP contribution in [-0.2, 0) is 10.3 Å². The van der Waals surface area contributed by atoms with Crippen molar-refractivity contribution < 1.29 is 9.53 Å². The van der Waals surface area contributed by atoms with Crippen molar-refractivity contribution in [3.05, 3.63) is 29.3 Å². The van der Waals surface area contributed by atoms with Crippen LogP contribution < -0.4 is 4.74 Å². The number of aliphatic imine (C=N–C) groups is 1. The highest BCUT2D eigenvalue weighted by Gasteiger charge is 2.38. The van der Waals surface area contributed by atoms with Gasteiger partial charge < -0.3 is 4.74 Å². The Balaban J connectivity index is 2.40. The second-order valence-electron chi connectivity index (χ2n) is 4.27. The molecule has 0 aromatic heterocycles. The van der Waals surface area contributed by atoms with E-state index in [9.17, 15) is 4.79 Å². The molecule has 2 rings (SSSR count). The molecule has 1 aromatic carbocycles. The van der Waals surface area contributed by atoms with Crippen LogP contribution in [0.4, 0.5) is 0 Å². The van der Waals surface area contributed by atoms with Crippen LogP contribution in [0.25, 0.3) is 0 Å². The molecule has 0 aliphatic heterocycles. The second-order valence-corrected chi connectivity index (χ2v) is 4.27. The van der Waals surface area contributed by atoms with Gasteiger partial charge >= 0.3 is 0 Å². The molecule has 0 unspecified atom stereocenters. The van der Waals surface area contributed by atoms with Gasteiger partial charge in [-0.1, -0.05) is 6.07 Å². The molecule has 1 fully saturated rings. The number of hydrogen-bond donors (Lipinski definition) is 0. The predicted molar refractivity (Wildman–Crippen MR) is 61.4 cm³/mol. The van der Waals surface area contributed by atoms with Crippen LogP contribution in [-0.4, -0.2) is 13.2 Å². The highest BCUT2D eigenvalue weighted by atomic mass is 16.5. The Morgan fingerprint density at radius 3 is 2.62 bits per heavy atom. The lowest BCUT2D eigenvalue weighted by Crippen LogP contribution is -2.31. The summed E-state index contributed by atoms with van der Waals surface area (Å²) < 4.78 is 5.22. The topological polar surface area (TPSA) is 38.7 Å². The molecule has 0 radical (unpaired) electrons. The molecule has 84 valence electrons. The Hall–Kier alpha value is -1.60. The molecular formula is C13H15NO2. The van der Waals surface area contributed by atoms with Gasteiger partial charge in [-0.2, -0.15) is 4.99 Å². The molecule has 1 aliphatic rings. The molecule has 0 spiro atoms. The van der Waals surface area contributed by atoms with Gasteiger partial charge in [0.15, 0.2) is 0 Å². The van der Waals surface area contributed by atoms with Crippen molar-refractivity contribution in [2.24, 2.45) is 4.99 Å². The molecule has 1 saturated carbocycles. The summed E-state index contributed by atoms with van der Waals surface area (Å²) in [5.41, 5.74) is 1.87. The molecular weight excluding hydrogens is 202 g/mol. The highest BCUT2D eigenvalue weighted by molar-refractivity contribution is 5.43. The fraction of sp³-hybridized carbons (Fsp3) is 0.462. The lowest BCUT2D eigenvalue weighted by Gasteiger charge is -2.37. The van der Waals surface area contributed by atoms with E-state index >= 15 is 0 Å². The fourth-order valence-electron chi connectivity index (χ4n) is 2.23. The summed E-state index contributed by atoms with van der Waals surface area (Å²) in [4.78, 5) is 14.5. The van der Waals surface area contributed by atoms with Crippen LogP contribution in [0.15, 0.2) is 23.2 Å². The fourth-order valence-corrected chi connectivity index (χ4v) is 2.23. The van der Waals surface area contributed by atoms with Crippen LogP contribution in [0.2, 0.25) is 0 Å². The Kier molecular flexibility index (Phi) is 2.80. The number of aryl methyl sites for hydroxylation is 1. The van der Waals surface area contributed by atoms with Gasteiger partial charge in [-0.25, -0.2) is 4.79 Å². The lowest BCUT2D eigenvalue weighted by atomic mass is 9.72. The van der Waals surface area contributed by atoms with Gasteiger partial charge in [-0.3, -0.25) is 0 Å². The summed E-state index contributed by atoms with van der Waals surface area (Å²) in [6.07, 6.45) is 4.70. The van der Waals surface area contributed by atoms with Gasteiger partial charge in [0.05, 0.1) is 12.6 Å². The Bertz CT molecular complexity index is 443. The predicted octanol–water partition coefficient (Wildman–Crippen LogP) is 2.72. The Labute approximate surface area is 95.2 Å². The van der Waals surface area contributed by atoms with Crippen LogP contribution in [0.1, 0.15) is 30.4 Å². The first-order valence-electron chi connectivity index (χ1n) is 5.46. The van der Waals surface area contributed by atoms with Crippen molar-refractivity contribution in [2.75, 3.05) is 7.11 Å². The number of hydrogen-bond acceptors (Lipinski definition) is 3. The minimum Gasteiger partial charge on any atom is -0.496 e. The van der Waals surface area contributed by atoms with Gasteiger partial charge in [-0.15, -0.1) is 0 Å². The monoisotopic (exact) mass is 217 g/mol. The quantitative estimate of drug-likeness (QED) is 0.576. The summed E-state index contributed by atoms with van der Waals surface area (Å²) in [7, 11) is 1.66. The first kappa shape index (κ1) is 10.9. The summed E-state index contributed by atoms with van der Waals surface area (Å²) in [6.45, 7) is 2.00. The minimum absolute atomic E-state index is 0.307. The third-order valence-electron chi connectivity index (χ3n) is 3.37. The Morgan fingerprint density at radius 1 is 1.44 bits per heavy atom. The standard InChI is InChI=1S/C13H15NO2/c1-10-8-11(4-5-12(10)16-2)13(14-9-15)6-3-7-13/h4-5,8H,3,6-7H2,1-2H3. The van der Waals surface area contributed by atoms with Gasteiger partial charge in [0.2, 0.25) is 6.08 Å². The van der Waals surface area contributed by atoms with Crippen molar-refractivity contribution in [2.45, 2.75) is 31.7 Å². The normalized spacial score (nSPS) is 17.1. The first-order chi connectivity index (χ1) is 7.72. The van der Waals surface area contributed by atoms with Crippen molar-refractivity contribution in [1.29, 1.82) is 0 Å². The maximum absolute atomic E-state index is 10.5. The first-order valence-corrected chi connectivity index (χ1v) is 5.46. The largest absolute Gasteiger partial charge is 0.496 e. The van der Waals surface area contributed by atoms with E-state index in [2.05, 4.69) is 11.1 Å². The third kappa shape index (κ3) is 1.63. The van der Waals surface area contributed by atoms with E-state index < -0.39 is 0 Å². The molecule has 3 heteroatoms. The molecule has 0 amide bonds. The van der Waals surface area contributed by atoms with Crippen molar-refractivity contribution in [3.8, 4) is 5.75 Å². The molecule has 0 heterocycles. The van der Waals surface area contributed by atoms with Gasteiger partial charge in [0.1, 0.15) is 5.75 Å². The molecule has 3 nitrogen and oxygen atoms in total. The van der Waals surface area contributed by atoms with Crippen molar-refractivity contribution in [3.63, 3.8) is 0 Å². The molecule has 0 saturated heterocycles. The molecule has 16 heavy (non-hydrogen) atoms. The number of isocyanates is 1. The number of nitrogens with zero attached hydrogens (tertiary/aromatic N) is 1. The van der Waals surface area contributed by atoms with E-state index in [1.54, 1.807) is 13.2 Å². The number of methoxy groups -OCH3 is 1. The maximum Gasteiger partial charge on any atom is 0.235 e. The second kappa shape index (κ2) is 4.11. The average Bonchev–Trinajstić information content (AvgIpc) is 2.23. The van der Waals surface area contributed by atoms with E-state index in [-0.39, 0.29) is 5.54 Å². The number of ether oxygens (including phenoxy) is 1. The zero-order valence-corrected chi connectivity index (χ0v) is 9.62. The van der Waals surface area contributed by atoms with E-state index in [1.807, 2.05) is 19.1 Å². The van der Waals surface area contributed by atoms with Crippen LogP contribution in [0.5, 0.6) is 5.75 Å².